The van der Waals surface area contributed by atoms with E-state index in [0.29, 0.717) is 13.1 Å². The van der Waals surface area contributed by atoms with Crippen LogP contribution in [0.15, 0.2) is 0 Å². The highest BCUT2D eigenvalue weighted by Crippen LogP contribution is 2.09. The highest BCUT2D eigenvalue weighted by Gasteiger charge is 2.26. The fourth-order valence-electron chi connectivity index (χ4n) is 1.40. The number of carboxylic acid groups (broad SMARTS) is 1. The van der Waals surface area contributed by atoms with Gasteiger partial charge in [0.05, 0.1) is 5.97 Å². The SMILES string of the molecule is O=C([O-])C[NH2+]S(=O)(=O)N1CCCCC1. The average molecular weight is 222 g/mol. The zero-order chi connectivity index (χ0) is 10.6. The van der Waals surface area contributed by atoms with Crippen LogP contribution in [0.3, 0.4) is 0 Å². The van der Waals surface area contributed by atoms with Gasteiger partial charge in [-0.1, -0.05) is 6.42 Å². The van der Waals surface area contributed by atoms with E-state index in [0.717, 1.165) is 24.0 Å². The van der Waals surface area contributed by atoms with Gasteiger partial charge in [-0.3, -0.25) is 0 Å². The van der Waals surface area contributed by atoms with Crippen LogP contribution < -0.4 is 9.83 Å². The maximum atomic E-state index is 11.5. The summed E-state index contributed by atoms with van der Waals surface area (Å²) in [5, 5.41) is 10.1. The van der Waals surface area contributed by atoms with E-state index >= 15 is 0 Å². The Balaban J connectivity index is 2.50. The number of hydrogen-bond acceptors (Lipinski definition) is 4. The molecule has 82 valence electrons. The summed E-state index contributed by atoms with van der Waals surface area (Å²) in [5.41, 5.74) is 0. The van der Waals surface area contributed by atoms with E-state index in [1.54, 1.807) is 0 Å². The molecule has 0 aromatic rings. The van der Waals surface area contributed by atoms with Crippen LogP contribution >= 0.6 is 0 Å². The zero-order valence-corrected chi connectivity index (χ0v) is 8.62. The first-order valence-corrected chi connectivity index (χ1v) is 6.06. The van der Waals surface area contributed by atoms with Gasteiger partial charge in [-0.05, 0) is 12.8 Å². The standard InChI is InChI=1S/C7H14N2O4S/c10-7(11)6-8-14(12,13)9-4-2-1-3-5-9/h8H,1-6H2,(H,10,11). The number of nitrogens with zero attached hydrogens (tertiary/aromatic N) is 1. The molecule has 0 spiro atoms. The van der Waals surface area contributed by atoms with Crippen LogP contribution in [0.25, 0.3) is 0 Å². The Morgan fingerprint density at radius 3 is 2.36 bits per heavy atom. The average Bonchev–Trinajstić information content (AvgIpc) is 2.16. The molecule has 1 aliphatic rings. The molecular formula is C7H14N2O4S. The first kappa shape index (κ1) is 11.4. The summed E-state index contributed by atoms with van der Waals surface area (Å²) >= 11 is 0. The summed E-state index contributed by atoms with van der Waals surface area (Å²) in [4.78, 5) is 10.1. The molecule has 0 atom stereocenters. The van der Waals surface area contributed by atoms with Crippen LogP contribution in [-0.2, 0) is 15.0 Å². The van der Waals surface area contributed by atoms with Crippen molar-refractivity contribution in [1.29, 1.82) is 0 Å². The van der Waals surface area contributed by atoms with Crippen LogP contribution in [0.2, 0.25) is 0 Å². The van der Waals surface area contributed by atoms with Gasteiger partial charge in [0, 0.05) is 13.1 Å². The van der Waals surface area contributed by atoms with Crippen molar-refractivity contribution >= 4 is 16.2 Å². The Hall–Kier alpha value is -0.660. The monoisotopic (exact) mass is 222 g/mol. The molecule has 0 unspecified atom stereocenters. The lowest BCUT2D eigenvalue weighted by atomic mass is 10.2. The summed E-state index contributed by atoms with van der Waals surface area (Å²) in [6.07, 6.45) is 2.73. The number of piperidine rings is 1. The van der Waals surface area contributed by atoms with Crippen molar-refractivity contribution in [2.75, 3.05) is 19.6 Å². The third-order valence-corrected chi connectivity index (χ3v) is 3.81. The highest BCUT2D eigenvalue weighted by molar-refractivity contribution is 7.82. The van der Waals surface area contributed by atoms with Gasteiger partial charge in [0.15, 0.2) is 0 Å². The van der Waals surface area contributed by atoms with E-state index in [4.69, 9.17) is 0 Å². The van der Waals surface area contributed by atoms with E-state index in [9.17, 15) is 18.3 Å². The van der Waals surface area contributed by atoms with E-state index < -0.39 is 22.7 Å². The number of rotatable bonds is 4. The molecule has 7 heteroatoms. The molecule has 1 aliphatic heterocycles. The van der Waals surface area contributed by atoms with Crippen molar-refractivity contribution in [2.24, 2.45) is 0 Å². The molecule has 14 heavy (non-hydrogen) atoms. The fourth-order valence-corrected chi connectivity index (χ4v) is 2.72. The second kappa shape index (κ2) is 4.72. The van der Waals surface area contributed by atoms with Gasteiger partial charge in [-0.15, -0.1) is 0 Å². The number of quaternary nitrogens is 1. The van der Waals surface area contributed by atoms with Gasteiger partial charge in [-0.25, -0.2) is 4.72 Å². The van der Waals surface area contributed by atoms with Crippen molar-refractivity contribution in [3.05, 3.63) is 0 Å². The number of carboxylic acids is 1. The highest BCUT2D eigenvalue weighted by atomic mass is 32.2. The number of hydrogen-bond donors (Lipinski definition) is 1. The quantitative estimate of drug-likeness (QED) is 0.549. The van der Waals surface area contributed by atoms with Gasteiger partial charge in [0.1, 0.15) is 6.54 Å². The third kappa shape index (κ3) is 3.24. The third-order valence-electron chi connectivity index (χ3n) is 2.14. The molecule has 0 aliphatic carbocycles. The fraction of sp³-hybridized carbons (Fsp3) is 0.857. The second-order valence-corrected chi connectivity index (χ2v) is 5.13. The summed E-state index contributed by atoms with van der Waals surface area (Å²) in [5.74, 6) is -1.37. The Morgan fingerprint density at radius 2 is 1.86 bits per heavy atom. The maximum Gasteiger partial charge on any atom is 0.369 e. The summed E-state index contributed by atoms with van der Waals surface area (Å²) in [6, 6.07) is 0. The lowest BCUT2D eigenvalue weighted by Crippen LogP contribution is -2.92. The molecule has 2 N–H and O–H groups in total. The largest absolute Gasteiger partial charge is 0.544 e. The van der Waals surface area contributed by atoms with Gasteiger partial charge in [-0.2, -0.15) is 12.7 Å². The first-order chi connectivity index (χ1) is 6.52. The lowest BCUT2D eigenvalue weighted by Gasteiger charge is -2.23. The number of aliphatic carboxylic acids is 1. The van der Waals surface area contributed by atoms with E-state index in [-0.39, 0.29) is 0 Å². The molecule has 0 aromatic heterocycles. The molecular weight excluding hydrogens is 208 g/mol. The first-order valence-electron chi connectivity index (χ1n) is 4.55. The smallest absolute Gasteiger partial charge is 0.369 e. The molecule has 0 bridgehead atoms. The van der Waals surface area contributed by atoms with Crippen LogP contribution in [0.4, 0.5) is 0 Å². The molecule has 1 saturated heterocycles. The second-order valence-electron chi connectivity index (χ2n) is 3.25. The summed E-state index contributed by atoms with van der Waals surface area (Å²) < 4.78 is 25.1. The van der Waals surface area contributed by atoms with Crippen LogP contribution in [-0.4, -0.2) is 38.3 Å². The normalized spacial score (nSPS) is 19.4. The van der Waals surface area contributed by atoms with Crippen molar-refractivity contribution in [2.45, 2.75) is 19.3 Å². The number of carbonyl (C=O) groups is 1. The summed E-state index contributed by atoms with van der Waals surface area (Å²) in [6.45, 7) is 0.441. The van der Waals surface area contributed by atoms with Crippen molar-refractivity contribution in [1.82, 2.24) is 4.31 Å². The zero-order valence-electron chi connectivity index (χ0n) is 7.81. The van der Waals surface area contributed by atoms with E-state index in [1.807, 2.05) is 0 Å². The minimum Gasteiger partial charge on any atom is -0.544 e. The molecule has 0 radical (unpaired) electrons. The van der Waals surface area contributed by atoms with Gasteiger partial charge >= 0.3 is 10.2 Å². The van der Waals surface area contributed by atoms with Crippen molar-refractivity contribution < 1.29 is 23.0 Å². The van der Waals surface area contributed by atoms with Gasteiger partial charge in [0.25, 0.3) is 0 Å². The van der Waals surface area contributed by atoms with Crippen LogP contribution in [0.1, 0.15) is 19.3 Å². The molecule has 1 rings (SSSR count). The molecule has 6 nitrogen and oxygen atoms in total. The number of nitrogens with two attached hydrogens (primary N) is 1. The Kier molecular flexibility index (Phi) is 3.85. The molecule has 0 amide bonds. The van der Waals surface area contributed by atoms with E-state index in [2.05, 4.69) is 0 Å². The predicted molar refractivity (Wildman–Crippen MR) is 46.1 cm³/mol. The molecule has 0 aromatic carbocycles. The molecule has 1 fully saturated rings. The van der Waals surface area contributed by atoms with Crippen molar-refractivity contribution in [3.63, 3.8) is 0 Å². The number of carbonyl (C=O) groups excluding carboxylic acids is 1. The minimum absolute atomic E-state index is 0.492. The van der Waals surface area contributed by atoms with E-state index in [1.165, 1.54) is 4.31 Å². The Labute approximate surface area is 83.1 Å². The lowest BCUT2D eigenvalue weighted by molar-refractivity contribution is -0.504. The molecule has 0 saturated carbocycles. The van der Waals surface area contributed by atoms with Crippen LogP contribution in [0, 0.1) is 0 Å². The van der Waals surface area contributed by atoms with Gasteiger partial charge in [0.2, 0.25) is 0 Å². The Bertz CT molecular complexity index is 295. The Morgan fingerprint density at radius 1 is 1.29 bits per heavy atom. The van der Waals surface area contributed by atoms with Crippen LogP contribution in [0.5, 0.6) is 0 Å². The predicted octanol–water partition coefficient (Wildman–Crippen LogP) is -2.97. The van der Waals surface area contributed by atoms with Crippen molar-refractivity contribution in [3.8, 4) is 0 Å². The van der Waals surface area contributed by atoms with Gasteiger partial charge < -0.3 is 9.90 Å². The summed E-state index contributed by atoms with van der Waals surface area (Å²) in [7, 11) is -3.49. The maximum absolute atomic E-state index is 11.5. The molecule has 1 heterocycles. The topological polar surface area (TPSA) is 94.1 Å². The minimum atomic E-state index is -3.49.